The van der Waals surface area contributed by atoms with Crippen molar-refractivity contribution in [2.75, 3.05) is 18.5 Å². The Hall–Kier alpha value is -1.77. The summed E-state index contributed by atoms with van der Waals surface area (Å²) in [6.07, 6.45) is 1.71. The molecule has 0 saturated heterocycles. The quantitative estimate of drug-likeness (QED) is 0.456. The molecule has 0 fully saturated rings. The molecule has 0 bridgehead atoms. The normalized spacial score (nSPS) is 16.4. The van der Waals surface area contributed by atoms with Crippen LogP contribution >= 0.6 is 0 Å². The molecule has 2 heterocycles. The van der Waals surface area contributed by atoms with Crippen molar-refractivity contribution in [2.24, 2.45) is 0 Å². The third-order valence-corrected chi connectivity index (χ3v) is 2.72. The third-order valence-electron chi connectivity index (χ3n) is 2.72. The summed E-state index contributed by atoms with van der Waals surface area (Å²) in [6, 6.07) is 0. The number of rotatable bonds is 5. The van der Waals surface area contributed by atoms with E-state index in [0.29, 0.717) is 17.0 Å². The van der Waals surface area contributed by atoms with Crippen molar-refractivity contribution in [3.05, 3.63) is 12.7 Å². The van der Waals surface area contributed by atoms with Gasteiger partial charge >= 0.3 is 0 Å². The van der Waals surface area contributed by atoms with E-state index in [-0.39, 0.29) is 6.54 Å². The van der Waals surface area contributed by atoms with Crippen molar-refractivity contribution in [1.29, 1.82) is 0 Å². The van der Waals surface area contributed by atoms with Gasteiger partial charge in [0.15, 0.2) is 11.5 Å². The minimum absolute atomic E-state index is 0.0404. The molecule has 0 aliphatic carbocycles. The topological polar surface area (TPSA) is 127 Å². The predicted molar refractivity (Wildman–Crippen MR) is 63.9 cm³/mol. The molecule has 0 amide bonds. The number of fused-ring (bicyclic) bond motifs is 1. The van der Waals surface area contributed by atoms with E-state index < -0.39 is 18.3 Å². The molecule has 8 nitrogen and oxygen atoms in total. The Kier molecular flexibility index (Phi) is 3.41. The molecule has 2 aromatic rings. The van der Waals surface area contributed by atoms with Gasteiger partial charge in [-0.25, -0.2) is 15.0 Å². The Morgan fingerprint density at radius 1 is 1.44 bits per heavy atom. The summed E-state index contributed by atoms with van der Waals surface area (Å²) in [5, 5.41) is 31.2. The van der Waals surface area contributed by atoms with E-state index in [1.54, 1.807) is 0 Å². The van der Waals surface area contributed by atoms with Crippen molar-refractivity contribution in [2.45, 2.75) is 18.6 Å². The van der Waals surface area contributed by atoms with Gasteiger partial charge < -0.3 is 25.6 Å². The van der Waals surface area contributed by atoms with E-state index in [2.05, 4.69) is 25.3 Å². The number of aliphatic hydroxyl groups is 3. The number of hydrogen-bond acceptors (Lipinski definition) is 7. The average molecular weight is 253 g/mol. The minimum Gasteiger partial charge on any atom is -0.393 e. The summed E-state index contributed by atoms with van der Waals surface area (Å²) in [6.45, 7) is 0.864. The molecule has 18 heavy (non-hydrogen) atoms. The van der Waals surface area contributed by atoms with Crippen LogP contribution < -0.4 is 5.32 Å². The molecule has 0 aliphatic rings. The van der Waals surface area contributed by atoms with Gasteiger partial charge in [0, 0.05) is 6.54 Å². The first-order valence-corrected chi connectivity index (χ1v) is 5.44. The third kappa shape index (κ3) is 2.40. The SMILES string of the molecule is CC(O)(CO)C(O)CNc1ncnc2nc[nH]c12. The standard InChI is InChI=1S/C10H15N5O3/c1-10(18,3-16)6(17)2-11-8-7-9(13-4-12-7)15-5-14-8/h4-6,16-18H,2-3H2,1H3,(H2,11,12,13,14,15). The number of nitrogens with zero attached hydrogens (tertiary/aromatic N) is 3. The van der Waals surface area contributed by atoms with E-state index in [1.807, 2.05) is 0 Å². The highest BCUT2D eigenvalue weighted by molar-refractivity contribution is 5.81. The molecule has 0 spiro atoms. The van der Waals surface area contributed by atoms with E-state index in [9.17, 15) is 10.2 Å². The summed E-state index contributed by atoms with van der Waals surface area (Å²) in [5.74, 6) is 0.477. The molecule has 2 aromatic heterocycles. The second-order valence-corrected chi connectivity index (χ2v) is 4.24. The second-order valence-electron chi connectivity index (χ2n) is 4.24. The molecule has 2 atom stereocenters. The fourth-order valence-electron chi connectivity index (χ4n) is 1.42. The Morgan fingerprint density at radius 3 is 2.94 bits per heavy atom. The predicted octanol–water partition coefficient (Wildman–Crippen LogP) is -1.13. The highest BCUT2D eigenvalue weighted by Crippen LogP contribution is 2.15. The van der Waals surface area contributed by atoms with Crippen molar-refractivity contribution in [3.8, 4) is 0 Å². The second kappa shape index (κ2) is 4.84. The lowest BCUT2D eigenvalue weighted by Crippen LogP contribution is -2.46. The number of aromatic nitrogens is 4. The minimum atomic E-state index is -1.56. The molecule has 2 rings (SSSR count). The molecule has 2 unspecified atom stereocenters. The summed E-state index contributed by atoms with van der Waals surface area (Å²) >= 11 is 0. The van der Waals surface area contributed by atoms with E-state index in [4.69, 9.17) is 5.11 Å². The number of hydrogen-bond donors (Lipinski definition) is 5. The van der Waals surface area contributed by atoms with Gasteiger partial charge in [0.25, 0.3) is 0 Å². The zero-order valence-electron chi connectivity index (χ0n) is 9.83. The maximum Gasteiger partial charge on any atom is 0.182 e. The lowest BCUT2D eigenvalue weighted by molar-refractivity contribution is -0.0859. The summed E-state index contributed by atoms with van der Waals surface area (Å²) in [7, 11) is 0. The van der Waals surface area contributed by atoms with Gasteiger partial charge in [0.1, 0.15) is 23.5 Å². The molecule has 98 valence electrons. The molecule has 5 N–H and O–H groups in total. The smallest absolute Gasteiger partial charge is 0.182 e. The Morgan fingerprint density at radius 2 is 2.22 bits per heavy atom. The first kappa shape index (κ1) is 12.7. The first-order chi connectivity index (χ1) is 8.54. The van der Waals surface area contributed by atoms with E-state index in [1.165, 1.54) is 19.6 Å². The number of imidazole rings is 1. The van der Waals surface area contributed by atoms with Gasteiger partial charge in [-0.05, 0) is 6.92 Å². The van der Waals surface area contributed by atoms with Crippen LogP contribution in [-0.2, 0) is 0 Å². The first-order valence-electron chi connectivity index (χ1n) is 5.44. The molecular formula is C10H15N5O3. The molecule has 0 aliphatic heterocycles. The summed E-state index contributed by atoms with van der Waals surface area (Å²) in [4.78, 5) is 14.8. The van der Waals surface area contributed by atoms with Crippen LogP contribution in [0.15, 0.2) is 12.7 Å². The summed E-state index contributed by atoms with van der Waals surface area (Å²) in [5.41, 5.74) is -0.433. The average Bonchev–Trinajstić information content (AvgIpc) is 2.84. The molecule has 0 aromatic carbocycles. The monoisotopic (exact) mass is 253 g/mol. The molecule has 8 heteroatoms. The lowest BCUT2D eigenvalue weighted by Gasteiger charge is -2.27. The fourth-order valence-corrected chi connectivity index (χ4v) is 1.42. The van der Waals surface area contributed by atoms with Crippen molar-refractivity contribution < 1.29 is 15.3 Å². The Bertz CT molecular complexity index is 527. The van der Waals surface area contributed by atoms with Crippen LogP contribution in [0.3, 0.4) is 0 Å². The largest absolute Gasteiger partial charge is 0.393 e. The highest BCUT2D eigenvalue weighted by Gasteiger charge is 2.29. The molecular weight excluding hydrogens is 238 g/mol. The van der Waals surface area contributed by atoms with Gasteiger partial charge in [-0.15, -0.1) is 0 Å². The molecule has 0 saturated carbocycles. The fraction of sp³-hybridized carbons (Fsp3) is 0.500. The molecule has 0 radical (unpaired) electrons. The van der Waals surface area contributed by atoms with Crippen molar-refractivity contribution in [1.82, 2.24) is 19.9 Å². The van der Waals surface area contributed by atoms with Crippen molar-refractivity contribution >= 4 is 17.0 Å². The van der Waals surface area contributed by atoms with E-state index in [0.717, 1.165) is 0 Å². The number of aromatic amines is 1. The van der Waals surface area contributed by atoms with Gasteiger partial charge in [-0.2, -0.15) is 0 Å². The number of nitrogens with one attached hydrogen (secondary N) is 2. The van der Waals surface area contributed by atoms with Crippen LogP contribution in [-0.4, -0.2) is 60.1 Å². The van der Waals surface area contributed by atoms with Gasteiger partial charge in [-0.1, -0.05) is 0 Å². The Labute approximate surface area is 103 Å². The maximum atomic E-state index is 9.72. The number of anilines is 1. The van der Waals surface area contributed by atoms with Gasteiger partial charge in [0.05, 0.1) is 12.9 Å². The maximum absolute atomic E-state index is 9.72. The van der Waals surface area contributed by atoms with Crippen LogP contribution in [0, 0.1) is 0 Å². The van der Waals surface area contributed by atoms with Crippen LogP contribution in [0.5, 0.6) is 0 Å². The van der Waals surface area contributed by atoms with Crippen LogP contribution in [0.25, 0.3) is 11.2 Å². The van der Waals surface area contributed by atoms with E-state index >= 15 is 0 Å². The van der Waals surface area contributed by atoms with Crippen LogP contribution in [0.1, 0.15) is 6.92 Å². The lowest BCUT2D eigenvalue weighted by atomic mass is 10.0. The number of H-pyrrole nitrogens is 1. The van der Waals surface area contributed by atoms with Gasteiger partial charge in [0.2, 0.25) is 0 Å². The van der Waals surface area contributed by atoms with Gasteiger partial charge in [-0.3, -0.25) is 0 Å². The van der Waals surface area contributed by atoms with Crippen LogP contribution in [0.4, 0.5) is 5.82 Å². The van der Waals surface area contributed by atoms with Crippen molar-refractivity contribution in [3.63, 3.8) is 0 Å². The zero-order valence-corrected chi connectivity index (χ0v) is 9.83. The number of aliphatic hydroxyl groups excluding tert-OH is 2. The van der Waals surface area contributed by atoms with Crippen LogP contribution in [0.2, 0.25) is 0 Å². The zero-order chi connectivity index (χ0) is 13.2. The highest BCUT2D eigenvalue weighted by atomic mass is 16.4. The Balaban J connectivity index is 2.09. The summed E-state index contributed by atoms with van der Waals surface area (Å²) < 4.78 is 0.